The molecule has 1 aliphatic rings. The van der Waals surface area contributed by atoms with E-state index in [4.69, 9.17) is 0 Å². The highest BCUT2D eigenvalue weighted by atomic mass is 16.2. The predicted molar refractivity (Wildman–Crippen MR) is 104 cm³/mol. The van der Waals surface area contributed by atoms with Crippen LogP contribution in [0.5, 0.6) is 0 Å². The normalized spacial score (nSPS) is 13.8. The Labute approximate surface area is 150 Å². The van der Waals surface area contributed by atoms with Crippen LogP contribution in [0.4, 0.5) is 0 Å². The van der Waals surface area contributed by atoms with E-state index in [0.717, 1.165) is 38.8 Å². The number of amides is 1. The summed E-state index contributed by atoms with van der Waals surface area (Å²) >= 11 is 0. The SMILES string of the molecule is CCCCCC#CCCCCCCCCCCC(=O)N1CCCC1. The summed E-state index contributed by atoms with van der Waals surface area (Å²) in [6.07, 6.45) is 19.5. The van der Waals surface area contributed by atoms with Gasteiger partial charge in [-0.2, -0.15) is 0 Å². The molecule has 138 valence electrons. The van der Waals surface area contributed by atoms with Crippen LogP contribution in [0.1, 0.15) is 110 Å². The highest BCUT2D eigenvalue weighted by Crippen LogP contribution is 2.13. The molecule has 2 heteroatoms. The topological polar surface area (TPSA) is 20.3 Å². The van der Waals surface area contributed by atoms with Crippen molar-refractivity contribution in [1.82, 2.24) is 4.90 Å². The quantitative estimate of drug-likeness (QED) is 0.295. The first kappa shape index (κ1) is 21.1. The number of carbonyl (C=O) groups excluding carboxylic acids is 1. The smallest absolute Gasteiger partial charge is 0.222 e. The third-order valence-electron chi connectivity index (χ3n) is 4.93. The predicted octanol–water partition coefficient (Wildman–Crippen LogP) is 6.09. The molecule has 0 saturated carbocycles. The molecule has 1 heterocycles. The van der Waals surface area contributed by atoms with Gasteiger partial charge in [0.2, 0.25) is 5.91 Å². The fraction of sp³-hybridized carbons (Fsp3) is 0.864. The Bertz CT molecular complexity index is 360. The first-order valence-electron chi connectivity index (χ1n) is 10.6. The molecule has 1 fully saturated rings. The molecule has 0 spiro atoms. The summed E-state index contributed by atoms with van der Waals surface area (Å²) < 4.78 is 0. The van der Waals surface area contributed by atoms with E-state index < -0.39 is 0 Å². The van der Waals surface area contributed by atoms with E-state index in [9.17, 15) is 4.79 Å². The van der Waals surface area contributed by atoms with Crippen molar-refractivity contribution in [2.24, 2.45) is 0 Å². The van der Waals surface area contributed by atoms with E-state index in [1.165, 1.54) is 77.0 Å². The van der Waals surface area contributed by atoms with Gasteiger partial charge in [0.05, 0.1) is 0 Å². The van der Waals surface area contributed by atoms with Gasteiger partial charge in [0.15, 0.2) is 0 Å². The van der Waals surface area contributed by atoms with E-state index in [1.54, 1.807) is 0 Å². The largest absolute Gasteiger partial charge is 0.343 e. The monoisotopic (exact) mass is 333 g/mol. The van der Waals surface area contributed by atoms with Gasteiger partial charge in [-0.15, -0.1) is 11.8 Å². The van der Waals surface area contributed by atoms with Crippen LogP contribution in [-0.2, 0) is 4.79 Å². The lowest BCUT2D eigenvalue weighted by Gasteiger charge is -2.14. The minimum atomic E-state index is 0.392. The summed E-state index contributed by atoms with van der Waals surface area (Å²) in [5, 5.41) is 0. The van der Waals surface area contributed by atoms with Crippen molar-refractivity contribution in [3.8, 4) is 11.8 Å². The standard InChI is InChI=1S/C22H39NO/c1-2-3-4-5-6-7-8-9-10-11-12-13-14-15-16-19-22(24)23-20-17-18-21-23/h2-5,8-21H2,1H3. The minimum Gasteiger partial charge on any atom is -0.343 e. The molecule has 0 unspecified atom stereocenters. The maximum atomic E-state index is 11.9. The number of hydrogen-bond donors (Lipinski definition) is 0. The third-order valence-corrected chi connectivity index (χ3v) is 4.93. The third kappa shape index (κ3) is 11.5. The lowest BCUT2D eigenvalue weighted by atomic mass is 10.1. The molecule has 1 saturated heterocycles. The van der Waals surface area contributed by atoms with E-state index in [-0.39, 0.29) is 0 Å². The molecule has 2 nitrogen and oxygen atoms in total. The lowest BCUT2D eigenvalue weighted by molar-refractivity contribution is -0.130. The molecule has 0 aliphatic carbocycles. The Hall–Kier alpha value is -0.970. The Morgan fingerprint density at radius 1 is 0.750 bits per heavy atom. The molecular weight excluding hydrogens is 294 g/mol. The van der Waals surface area contributed by atoms with Crippen LogP contribution in [0.3, 0.4) is 0 Å². The van der Waals surface area contributed by atoms with Gasteiger partial charge in [0.1, 0.15) is 0 Å². The molecular formula is C22H39NO. The second kappa shape index (κ2) is 15.6. The molecule has 1 amide bonds. The number of hydrogen-bond acceptors (Lipinski definition) is 1. The molecule has 0 atom stereocenters. The number of likely N-dealkylation sites (tertiary alicyclic amines) is 1. The van der Waals surface area contributed by atoms with Gasteiger partial charge in [-0.05, 0) is 32.1 Å². The lowest BCUT2D eigenvalue weighted by Crippen LogP contribution is -2.27. The highest BCUT2D eigenvalue weighted by Gasteiger charge is 2.16. The molecule has 0 bridgehead atoms. The Kier molecular flexibility index (Phi) is 13.7. The molecule has 0 N–H and O–H groups in total. The summed E-state index contributed by atoms with van der Waals surface area (Å²) in [4.78, 5) is 13.9. The van der Waals surface area contributed by atoms with Gasteiger partial charge in [-0.25, -0.2) is 0 Å². The van der Waals surface area contributed by atoms with Gasteiger partial charge in [-0.1, -0.05) is 58.3 Å². The Morgan fingerprint density at radius 2 is 1.25 bits per heavy atom. The van der Waals surface area contributed by atoms with Gasteiger partial charge in [0.25, 0.3) is 0 Å². The first-order valence-corrected chi connectivity index (χ1v) is 10.6. The molecule has 1 aliphatic heterocycles. The zero-order chi connectivity index (χ0) is 17.3. The second-order valence-corrected chi connectivity index (χ2v) is 7.23. The zero-order valence-electron chi connectivity index (χ0n) is 16.1. The number of nitrogens with zero attached hydrogens (tertiary/aromatic N) is 1. The summed E-state index contributed by atoms with van der Waals surface area (Å²) in [5.74, 6) is 7.00. The van der Waals surface area contributed by atoms with Crippen molar-refractivity contribution in [3.05, 3.63) is 0 Å². The fourth-order valence-corrected chi connectivity index (χ4v) is 3.32. The van der Waals surface area contributed by atoms with E-state index in [1.807, 2.05) is 4.90 Å². The molecule has 1 rings (SSSR count). The van der Waals surface area contributed by atoms with Crippen molar-refractivity contribution in [2.75, 3.05) is 13.1 Å². The van der Waals surface area contributed by atoms with Crippen molar-refractivity contribution in [1.29, 1.82) is 0 Å². The maximum Gasteiger partial charge on any atom is 0.222 e. The van der Waals surface area contributed by atoms with Crippen molar-refractivity contribution >= 4 is 5.91 Å². The van der Waals surface area contributed by atoms with Gasteiger partial charge in [-0.3, -0.25) is 4.79 Å². The molecule has 0 aromatic heterocycles. The molecule has 0 aromatic carbocycles. The highest BCUT2D eigenvalue weighted by molar-refractivity contribution is 5.76. The van der Waals surface area contributed by atoms with Gasteiger partial charge in [0, 0.05) is 32.4 Å². The van der Waals surface area contributed by atoms with Crippen LogP contribution < -0.4 is 0 Å². The number of rotatable bonds is 13. The van der Waals surface area contributed by atoms with Crippen LogP contribution in [0.15, 0.2) is 0 Å². The van der Waals surface area contributed by atoms with Crippen molar-refractivity contribution < 1.29 is 4.79 Å². The Balaban J connectivity index is 1.76. The number of carbonyl (C=O) groups is 1. The summed E-state index contributed by atoms with van der Waals surface area (Å²) in [7, 11) is 0. The average Bonchev–Trinajstić information content (AvgIpc) is 3.13. The van der Waals surface area contributed by atoms with E-state index >= 15 is 0 Å². The average molecular weight is 334 g/mol. The van der Waals surface area contributed by atoms with Crippen LogP contribution >= 0.6 is 0 Å². The van der Waals surface area contributed by atoms with Crippen LogP contribution in [-0.4, -0.2) is 23.9 Å². The summed E-state index contributed by atoms with van der Waals surface area (Å²) in [6.45, 7) is 4.24. The van der Waals surface area contributed by atoms with E-state index in [0.29, 0.717) is 5.91 Å². The molecule has 0 aromatic rings. The minimum absolute atomic E-state index is 0.392. The van der Waals surface area contributed by atoms with Gasteiger partial charge < -0.3 is 4.90 Å². The molecule has 24 heavy (non-hydrogen) atoms. The maximum absolute atomic E-state index is 11.9. The fourth-order valence-electron chi connectivity index (χ4n) is 3.32. The van der Waals surface area contributed by atoms with E-state index in [2.05, 4.69) is 18.8 Å². The second-order valence-electron chi connectivity index (χ2n) is 7.23. The summed E-state index contributed by atoms with van der Waals surface area (Å²) in [5.41, 5.74) is 0. The Morgan fingerprint density at radius 3 is 1.83 bits per heavy atom. The van der Waals surface area contributed by atoms with Crippen molar-refractivity contribution in [2.45, 2.75) is 110 Å². The number of unbranched alkanes of at least 4 members (excludes halogenated alkanes) is 11. The van der Waals surface area contributed by atoms with Gasteiger partial charge >= 0.3 is 0 Å². The van der Waals surface area contributed by atoms with Crippen LogP contribution in [0.25, 0.3) is 0 Å². The first-order chi connectivity index (χ1) is 11.8. The molecule has 0 radical (unpaired) electrons. The van der Waals surface area contributed by atoms with Crippen LogP contribution in [0.2, 0.25) is 0 Å². The summed E-state index contributed by atoms with van der Waals surface area (Å²) in [6, 6.07) is 0. The van der Waals surface area contributed by atoms with Crippen molar-refractivity contribution in [3.63, 3.8) is 0 Å². The van der Waals surface area contributed by atoms with Crippen LogP contribution in [0, 0.1) is 11.8 Å². The zero-order valence-corrected chi connectivity index (χ0v) is 16.1.